The second-order valence-electron chi connectivity index (χ2n) is 6.38. The van der Waals surface area contributed by atoms with Crippen molar-refractivity contribution in [2.75, 3.05) is 5.32 Å². The van der Waals surface area contributed by atoms with Crippen LogP contribution in [-0.4, -0.2) is 20.2 Å². The smallest absolute Gasteiger partial charge is 0.127 e. The summed E-state index contributed by atoms with van der Waals surface area (Å²) in [7, 11) is 0. The van der Waals surface area contributed by atoms with Crippen LogP contribution in [0.1, 0.15) is 29.9 Å². The number of benzene rings is 1. The molecule has 0 amide bonds. The van der Waals surface area contributed by atoms with Crippen molar-refractivity contribution in [2.45, 2.75) is 13.0 Å². The van der Waals surface area contributed by atoms with Gasteiger partial charge in [-0.15, -0.1) is 0 Å². The maximum atomic E-state index is 13.5. The van der Waals surface area contributed by atoms with Crippen LogP contribution in [0.2, 0.25) is 0 Å². The van der Waals surface area contributed by atoms with Gasteiger partial charge in [-0.05, 0) is 55.0 Å². The van der Waals surface area contributed by atoms with Gasteiger partial charge >= 0.3 is 0 Å². The van der Waals surface area contributed by atoms with Crippen LogP contribution in [0, 0.1) is 11.6 Å². The Bertz CT molecular complexity index is 1120. The van der Waals surface area contributed by atoms with Gasteiger partial charge in [-0.25, -0.2) is 13.8 Å². The highest BCUT2D eigenvalue weighted by Crippen LogP contribution is 2.24. The molecule has 2 N–H and O–H groups in total. The number of anilines is 1. The first-order chi connectivity index (χ1) is 13.6. The summed E-state index contributed by atoms with van der Waals surface area (Å²) >= 11 is 0. The standard InChI is InChI=1S/C21H17F2N5/c1-13(14-8-15(22)10-16(23)9-14)26-21-11-18-19(27-28-20(18)12-25-21)6-5-17-4-2-3-7-24-17/h2-13H,1H3,(H,25,26)(H,27,28). The topological polar surface area (TPSA) is 66.5 Å². The second-order valence-corrected chi connectivity index (χ2v) is 6.38. The molecule has 28 heavy (non-hydrogen) atoms. The maximum Gasteiger partial charge on any atom is 0.127 e. The molecule has 0 saturated carbocycles. The Morgan fingerprint density at radius 3 is 2.61 bits per heavy atom. The molecule has 5 nitrogen and oxygen atoms in total. The third-order valence-corrected chi connectivity index (χ3v) is 4.33. The number of halogens is 2. The summed E-state index contributed by atoms with van der Waals surface area (Å²) in [5.41, 5.74) is 2.86. The van der Waals surface area contributed by atoms with Crippen LogP contribution in [0.5, 0.6) is 0 Å². The van der Waals surface area contributed by atoms with Crippen LogP contribution in [0.25, 0.3) is 23.1 Å². The van der Waals surface area contributed by atoms with E-state index in [4.69, 9.17) is 0 Å². The van der Waals surface area contributed by atoms with E-state index >= 15 is 0 Å². The maximum absolute atomic E-state index is 13.5. The fourth-order valence-electron chi connectivity index (χ4n) is 2.91. The summed E-state index contributed by atoms with van der Waals surface area (Å²) in [5, 5.41) is 11.3. The Hall–Kier alpha value is -3.61. The van der Waals surface area contributed by atoms with Gasteiger partial charge in [0.15, 0.2) is 0 Å². The molecule has 0 radical (unpaired) electrons. The number of aromatic amines is 1. The van der Waals surface area contributed by atoms with Gasteiger partial charge in [0.25, 0.3) is 0 Å². The zero-order chi connectivity index (χ0) is 19.5. The molecular weight excluding hydrogens is 360 g/mol. The second kappa shape index (κ2) is 7.56. The third kappa shape index (κ3) is 3.88. The van der Waals surface area contributed by atoms with Crippen molar-refractivity contribution in [3.05, 3.63) is 83.4 Å². The molecule has 0 aliphatic rings. The Morgan fingerprint density at radius 1 is 1.04 bits per heavy atom. The number of aromatic nitrogens is 4. The summed E-state index contributed by atoms with van der Waals surface area (Å²) in [6.45, 7) is 1.82. The highest BCUT2D eigenvalue weighted by molar-refractivity contribution is 5.90. The third-order valence-electron chi connectivity index (χ3n) is 4.33. The largest absolute Gasteiger partial charge is 0.364 e. The first-order valence-corrected chi connectivity index (χ1v) is 8.74. The summed E-state index contributed by atoms with van der Waals surface area (Å²) < 4.78 is 26.9. The van der Waals surface area contributed by atoms with Crippen molar-refractivity contribution in [2.24, 2.45) is 0 Å². The van der Waals surface area contributed by atoms with Crippen molar-refractivity contribution in [3.8, 4) is 0 Å². The number of hydrogen-bond acceptors (Lipinski definition) is 4. The molecule has 1 atom stereocenters. The molecule has 1 unspecified atom stereocenters. The summed E-state index contributed by atoms with van der Waals surface area (Å²) in [5.74, 6) is -0.633. The van der Waals surface area contributed by atoms with Gasteiger partial charge in [0.2, 0.25) is 0 Å². The van der Waals surface area contributed by atoms with Crippen LogP contribution in [-0.2, 0) is 0 Å². The molecule has 3 heterocycles. The fraction of sp³-hybridized carbons (Fsp3) is 0.0952. The van der Waals surface area contributed by atoms with Crippen molar-refractivity contribution in [3.63, 3.8) is 0 Å². The minimum absolute atomic E-state index is 0.324. The Kier molecular flexibility index (Phi) is 4.80. The van der Waals surface area contributed by atoms with Gasteiger partial charge < -0.3 is 5.32 Å². The molecule has 1 aromatic carbocycles. The Morgan fingerprint density at radius 2 is 1.86 bits per heavy atom. The SMILES string of the molecule is CC(Nc1cc2c(C=Cc3ccccn3)n[nH]c2cn1)c1cc(F)cc(F)c1. The molecule has 0 spiro atoms. The van der Waals surface area contributed by atoms with Gasteiger partial charge in [0.1, 0.15) is 17.5 Å². The minimum Gasteiger partial charge on any atom is -0.364 e. The highest BCUT2D eigenvalue weighted by Gasteiger charge is 2.11. The van der Waals surface area contributed by atoms with Gasteiger partial charge in [-0.3, -0.25) is 10.1 Å². The number of pyridine rings is 2. The molecule has 0 aliphatic carbocycles. The monoisotopic (exact) mass is 377 g/mol. The van der Waals surface area contributed by atoms with Gasteiger partial charge in [0, 0.05) is 17.6 Å². The van der Waals surface area contributed by atoms with E-state index in [1.807, 2.05) is 43.3 Å². The van der Waals surface area contributed by atoms with E-state index in [0.29, 0.717) is 11.4 Å². The number of nitrogens with zero attached hydrogens (tertiary/aromatic N) is 3. The number of nitrogens with one attached hydrogen (secondary N) is 2. The normalized spacial score (nSPS) is 12.5. The van der Waals surface area contributed by atoms with E-state index in [1.165, 1.54) is 12.1 Å². The summed E-state index contributed by atoms with van der Waals surface area (Å²) in [6, 6.07) is 10.7. The molecule has 7 heteroatoms. The highest BCUT2D eigenvalue weighted by atomic mass is 19.1. The van der Waals surface area contributed by atoms with E-state index in [9.17, 15) is 8.78 Å². The van der Waals surface area contributed by atoms with E-state index in [1.54, 1.807) is 12.4 Å². The molecule has 4 rings (SSSR count). The fourth-order valence-corrected chi connectivity index (χ4v) is 2.91. The number of hydrogen-bond donors (Lipinski definition) is 2. The lowest BCUT2D eigenvalue weighted by atomic mass is 10.1. The van der Waals surface area contributed by atoms with Crippen molar-refractivity contribution in [1.29, 1.82) is 0 Å². The minimum atomic E-state index is -0.608. The molecule has 0 saturated heterocycles. The van der Waals surface area contributed by atoms with Crippen LogP contribution in [0.15, 0.2) is 54.9 Å². The van der Waals surface area contributed by atoms with E-state index in [2.05, 4.69) is 25.5 Å². The van der Waals surface area contributed by atoms with Gasteiger partial charge in [0.05, 0.1) is 29.1 Å². The van der Waals surface area contributed by atoms with Crippen LogP contribution >= 0.6 is 0 Å². The number of fused-ring (bicyclic) bond motifs is 1. The Balaban J connectivity index is 1.59. The molecule has 4 aromatic rings. The van der Waals surface area contributed by atoms with Crippen LogP contribution < -0.4 is 5.32 Å². The van der Waals surface area contributed by atoms with Crippen LogP contribution in [0.4, 0.5) is 14.6 Å². The van der Waals surface area contributed by atoms with Crippen LogP contribution in [0.3, 0.4) is 0 Å². The lowest BCUT2D eigenvalue weighted by molar-refractivity contribution is 0.577. The molecule has 3 aromatic heterocycles. The van der Waals surface area contributed by atoms with Gasteiger partial charge in [-0.1, -0.05) is 6.07 Å². The zero-order valence-electron chi connectivity index (χ0n) is 15.0. The van der Waals surface area contributed by atoms with E-state index < -0.39 is 11.6 Å². The molecule has 0 aliphatic heterocycles. The summed E-state index contributed by atoms with van der Waals surface area (Å²) in [6.07, 6.45) is 7.14. The predicted octanol–water partition coefficient (Wildman–Crippen LogP) is 4.97. The van der Waals surface area contributed by atoms with Crippen molar-refractivity contribution in [1.82, 2.24) is 20.2 Å². The van der Waals surface area contributed by atoms with Crippen molar-refractivity contribution >= 4 is 28.9 Å². The van der Waals surface area contributed by atoms with E-state index in [0.717, 1.165) is 28.4 Å². The average molecular weight is 377 g/mol. The number of H-pyrrole nitrogens is 1. The zero-order valence-corrected chi connectivity index (χ0v) is 15.0. The molecule has 140 valence electrons. The number of rotatable bonds is 5. The van der Waals surface area contributed by atoms with Crippen molar-refractivity contribution < 1.29 is 8.78 Å². The lowest BCUT2D eigenvalue weighted by Gasteiger charge is -2.15. The first kappa shape index (κ1) is 17.8. The predicted molar refractivity (Wildman–Crippen MR) is 105 cm³/mol. The Labute approximate surface area is 160 Å². The molecule has 0 bridgehead atoms. The quantitative estimate of drug-likeness (QED) is 0.515. The average Bonchev–Trinajstić information content (AvgIpc) is 3.09. The first-order valence-electron chi connectivity index (χ1n) is 8.74. The van der Waals surface area contributed by atoms with Gasteiger partial charge in [-0.2, -0.15) is 5.10 Å². The molecule has 0 fully saturated rings. The lowest BCUT2D eigenvalue weighted by Crippen LogP contribution is -2.08. The van der Waals surface area contributed by atoms with E-state index in [-0.39, 0.29) is 6.04 Å². The molecular formula is C21H17F2N5. The summed E-state index contributed by atoms with van der Waals surface area (Å²) in [4.78, 5) is 8.59.